The lowest BCUT2D eigenvalue weighted by atomic mass is 10.1. The quantitative estimate of drug-likeness (QED) is 0.617. The van der Waals surface area contributed by atoms with E-state index in [0.29, 0.717) is 4.99 Å². The molecule has 2 heterocycles. The van der Waals surface area contributed by atoms with Crippen LogP contribution in [0.15, 0.2) is 29.3 Å². The van der Waals surface area contributed by atoms with Crippen LogP contribution in [0.25, 0.3) is 17.0 Å². The highest BCUT2D eigenvalue weighted by atomic mass is 32.2. The van der Waals surface area contributed by atoms with E-state index in [4.69, 9.17) is 12.2 Å². The number of nitrogens with one attached hydrogen (secondary N) is 2. The number of aromatic nitrogens is 1. The maximum absolute atomic E-state index is 11.2. The van der Waals surface area contributed by atoms with Gasteiger partial charge in [-0.15, -0.1) is 0 Å². The van der Waals surface area contributed by atoms with Crippen molar-refractivity contribution in [1.82, 2.24) is 10.3 Å². The first-order chi connectivity index (χ1) is 8.65. The summed E-state index contributed by atoms with van der Waals surface area (Å²) in [6.07, 6.45) is 3.89. The molecule has 18 heavy (non-hydrogen) atoms. The Morgan fingerprint density at radius 1 is 1.39 bits per heavy atom. The van der Waals surface area contributed by atoms with Crippen LogP contribution in [-0.2, 0) is 0 Å². The number of thiocarbonyl (C=S) groups is 1. The van der Waals surface area contributed by atoms with Gasteiger partial charge in [0.15, 0.2) is 0 Å². The van der Waals surface area contributed by atoms with E-state index in [9.17, 15) is 4.79 Å². The van der Waals surface area contributed by atoms with Crippen LogP contribution in [-0.4, -0.2) is 15.2 Å². The van der Waals surface area contributed by atoms with Gasteiger partial charge in [-0.25, -0.2) is 0 Å². The van der Waals surface area contributed by atoms with E-state index in [1.807, 2.05) is 18.3 Å². The van der Waals surface area contributed by atoms with E-state index in [0.717, 1.165) is 33.1 Å². The molecule has 3 rings (SSSR count). The van der Waals surface area contributed by atoms with Crippen LogP contribution in [0.5, 0.6) is 0 Å². The van der Waals surface area contributed by atoms with Gasteiger partial charge in [-0.05, 0) is 30.3 Å². The number of aryl methyl sites for hydroxylation is 1. The van der Waals surface area contributed by atoms with Gasteiger partial charge in [0.25, 0.3) is 5.24 Å². The number of carbonyl (C=O) groups is 1. The highest BCUT2D eigenvalue weighted by Gasteiger charge is 2.21. The van der Waals surface area contributed by atoms with Crippen molar-refractivity contribution in [2.75, 3.05) is 0 Å². The minimum Gasteiger partial charge on any atom is -0.360 e. The summed E-state index contributed by atoms with van der Waals surface area (Å²) in [5.41, 5.74) is 3.38. The molecule has 1 amide bonds. The summed E-state index contributed by atoms with van der Waals surface area (Å²) in [5.74, 6) is 0. The van der Waals surface area contributed by atoms with Gasteiger partial charge < -0.3 is 10.3 Å². The standard InChI is InChI=1S/C13H10N2OS2/c1-7-3-2-4-9-8(6-14-11(7)9)5-10-12(17)15-13(16)18-10/h2-6,14H,1H3,(H,15,16,17)/b10-5+. The number of aromatic amines is 1. The summed E-state index contributed by atoms with van der Waals surface area (Å²) in [5, 5.41) is 3.65. The van der Waals surface area contributed by atoms with Gasteiger partial charge in [-0.1, -0.05) is 30.4 Å². The molecule has 2 aromatic rings. The molecule has 1 aromatic carbocycles. The van der Waals surface area contributed by atoms with Crippen LogP contribution in [0.2, 0.25) is 0 Å². The molecule has 3 nitrogen and oxygen atoms in total. The molecule has 0 bridgehead atoms. The van der Waals surface area contributed by atoms with Gasteiger partial charge >= 0.3 is 0 Å². The Morgan fingerprint density at radius 2 is 2.22 bits per heavy atom. The summed E-state index contributed by atoms with van der Waals surface area (Å²) < 4.78 is 0. The number of benzene rings is 1. The molecule has 90 valence electrons. The molecular formula is C13H10N2OS2. The second-order valence-electron chi connectivity index (χ2n) is 4.09. The third-order valence-electron chi connectivity index (χ3n) is 2.88. The van der Waals surface area contributed by atoms with Crippen molar-refractivity contribution in [1.29, 1.82) is 0 Å². The van der Waals surface area contributed by atoms with Crippen LogP contribution in [0.1, 0.15) is 11.1 Å². The molecule has 1 aromatic heterocycles. The van der Waals surface area contributed by atoms with Gasteiger partial charge in [0.2, 0.25) is 0 Å². The second-order valence-corrected chi connectivity index (χ2v) is 5.52. The zero-order chi connectivity index (χ0) is 12.7. The first-order valence-electron chi connectivity index (χ1n) is 5.47. The van der Waals surface area contributed by atoms with Crippen molar-refractivity contribution < 1.29 is 4.79 Å². The van der Waals surface area contributed by atoms with E-state index in [1.54, 1.807) is 0 Å². The lowest BCUT2D eigenvalue weighted by molar-refractivity contribution is 0.265. The molecule has 5 heteroatoms. The third-order valence-corrected chi connectivity index (χ3v) is 4.16. The molecule has 2 N–H and O–H groups in total. The molecule has 0 atom stereocenters. The summed E-state index contributed by atoms with van der Waals surface area (Å²) in [6.45, 7) is 2.07. The van der Waals surface area contributed by atoms with Gasteiger partial charge in [0.1, 0.15) is 4.99 Å². The van der Waals surface area contributed by atoms with E-state index < -0.39 is 0 Å². The van der Waals surface area contributed by atoms with Gasteiger partial charge in [-0.3, -0.25) is 4.79 Å². The predicted octanol–water partition coefficient (Wildman–Crippen LogP) is 3.60. The Balaban J connectivity index is 2.11. The highest BCUT2D eigenvalue weighted by molar-refractivity contribution is 8.19. The van der Waals surface area contributed by atoms with Gasteiger partial charge in [0.05, 0.1) is 4.91 Å². The van der Waals surface area contributed by atoms with E-state index in [1.165, 1.54) is 5.56 Å². The Morgan fingerprint density at radius 3 is 2.94 bits per heavy atom. The largest absolute Gasteiger partial charge is 0.360 e. The normalized spacial score (nSPS) is 17.7. The van der Waals surface area contributed by atoms with E-state index in [2.05, 4.69) is 29.4 Å². The SMILES string of the molecule is Cc1cccc2c(/C=C3/SC(=O)NC3=S)c[nH]c12. The first kappa shape index (κ1) is 11.5. The van der Waals surface area contributed by atoms with E-state index in [-0.39, 0.29) is 5.24 Å². The number of fused-ring (bicyclic) bond motifs is 1. The number of H-pyrrole nitrogens is 1. The van der Waals surface area contributed by atoms with Crippen LogP contribution in [0, 0.1) is 6.92 Å². The van der Waals surface area contributed by atoms with Crippen molar-refractivity contribution in [3.63, 3.8) is 0 Å². The number of thioether (sulfide) groups is 1. The molecule has 1 saturated heterocycles. The van der Waals surface area contributed by atoms with Crippen LogP contribution < -0.4 is 5.32 Å². The second kappa shape index (κ2) is 4.26. The first-order valence-corrected chi connectivity index (χ1v) is 6.69. The zero-order valence-corrected chi connectivity index (χ0v) is 11.2. The minimum atomic E-state index is -0.109. The van der Waals surface area contributed by atoms with Crippen molar-refractivity contribution in [2.24, 2.45) is 0 Å². The summed E-state index contributed by atoms with van der Waals surface area (Å²) in [7, 11) is 0. The van der Waals surface area contributed by atoms with Crippen molar-refractivity contribution >= 4 is 51.2 Å². The fourth-order valence-electron chi connectivity index (χ4n) is 2.01. The Hall–Kier alpha value is -1.59. The van der Waals surface area contributed by atoms with Crippen molar-refractivity contribution in [2.45, 2.75) is 6.92 Å². The van der Waals surface area contributed by atoms with Crippen molar-refractivity contribution in [3.8, 4) is 0 Å². The van der Waals surface area contributed by atoms with Crippen LogP contribution >= 0.6 is 24.0 Å². The molecular weight excluding hydrogens is 264 g/mol. The van der Waals surface area contributed by atoms with E-state index >= 15 is 0 Å². The summed E-state index contributed by atoms with van der Waals surface area (Å²) in [6, 6.07) is 6.15. The monoisotopic (exact) mass is 274 g/mol. The minimum absolute atomic E-state index is 0.109. The lowest BCUT2D eigenvalue weighted by Gasteiger charge is -1.97. The molecule has 1 fully saturated rings. The Bertz CT molecular complexity index is 700. The number of rotatable bonds is 1. The molecule has 1 aliphatic rings. The molecule has 0 saturated carbocycles. The third kappa shape index (κ3) is 1.85. The van der Waals surface area contributed by atoms with Crippen LogP contribution in [0.3, 0.4) is 0 Å². The number of hydrogen-bond acceptors (Lipinski definition) is 3. The van der Waals surface area contributed by atoms with Gasteiger partial charge in [0, 0.05) is 22.7 Å². The number of amides is 1. The van der Waals surface area contributed by atoms with Crippen molar-refractivity contribution in [3.05, 3.63) is 40.4 Å². The maximum Gasteiger partial charge on any atom is 0.289 e. The van der Waals surface area contributed by atoms with Crippen LogP contribution in [0.4, 0.5) is 4.79 Å². The number of carbonyl (C=O) groups excluding carboxylic acids is 1. The van der Waals surface area contributed by atoms with Gasteiger partial charge in [-0.2, -0.15) is 0 Å². The zero-order valence-electron chi connectivity index (χ0n) is 9.61. The topological polar surface area (TPSA) is 44.9 Å². The average molecular weight is 274 g/mol. The average Bonchev–Trinajstić information content (AvgIpc) is 2.86. The fourth-order valence-corrected chi connectivity index (χ4v) is 3.03. The molecule has 1 aliphatic heterocycles. The Kier molecular flexibility index (Phi) is 2.72. The molecule has 0 spiro atoms. The maximum atomic E-state index is 11.2. The predicted molar refractivity (Wildman–Crippen MR) is 79.7 cm³/mol. The highest BCUT2D eigenvalue weighted by Crippen LogP contribution is 2.29. The molecule has 0 radical (unpaired) electrons. The number of hydrogen-bond donors (Lipinski definition) is 2. The summed E-state index contributed by atoms with van der Waals surface area (Å²) >= 11 is 6.25. The smallest absolute Gasteiger partial charge is 0.289 e. The number of para-hydroxylation sites is 1. The summed E-state index contributed by atoms with van der Waals surface area (Å²) in [4.78, 5) is 15.8. The molecule has 0 aliphatic carbocycles. The lowest BCUT2D eigenvalue weighted by Crippen LogP contribution is -2.15. The Labute approximate surface area is 114 Å². The fraction of sp³-hybridized carbons (Fsp3) is 0.0769. The molecule has 0 unspecified atom stereocenters.